The number of rotatable bonds is 2. The van der Waals surface area contributed by atoms with Gasteiger partial charge in [-0.05, 0) is 24.3 Å². The van der Waals surface area contributed by atoms with E-state index in [1.807, 2.05) is 6.07 Å². The van der Waals surface area contributed by atoms with Crippen LogP contribution in [0.3, 0.4) is 0 Å². The third-order valence-corrected chi connectivity index (χ3v) is 2.26. The summed E-state index contributed by atoms with van der Waals surface area (Å²) in [5.74, 6) is -1.28. The molecule has 0 amide bonds. The lowest BCUT2D eigenvalue weighted by atomic mass is 10.2. The number of H-pyrrole nitrogens is 1. The predicted octanol–water partition coefficient (Wildman–Crippen LogP) is 0.735. The highest BCUT2D eigenvalue weighted by atomic mass is 16.4. The molecule has 1 aromatic heterocycles. The zero-order valence-corrected chi connectivity index (χ0v) is 8.54. The Labute approximate surface area is 95.3 Å². The van der Waals surface area contributed by atoms with Crippen LogP contribution >= 0.6 is 0 Å². The van der Waals surface area contributed by atoms with Crippen molar-refractivity contribution in [2.75, 3.05) is 0 Å². The molecular formula is C11H7N3O3. The Morgan fingerprint density at radius 3 is 2.47 bits per heavy atom. The molecule has 1 heterocycles. The van der Waals surface area contributed by atoms with E-state index in [1.54, 1.807) is 24.3 Å². The van der Waals surface area contributed by atoms with Gasteiger partial charge in [-0.15, -0.1) is 0 Å². The van der Waals surface area contributed by atoms with E-state index in [1.165, 1.54) is 0 Å². The van der Waals surface area contributed by atoms with Crippen molar-refractivity contribution >= 4 is 5.97 Å². The van der Waals surface area contributed by atoms with Crippen LogP contribution in [0.25, 0.3) is 5.69 Å². The number of aromatic amines is 1. The normalized spacial score (nSPS) is 9.82. The highest BCUT2D eigenvalue weighted by molar-refractivity contribution is 5.86. The van der Waals surface area contributed by atoms with Gasteiger partial charge in [-0.25, -0.2) is 9.48 Å². The molecule has 0 aliphatic heterocycles. The quantitative estimate of drug-likeness (QED) is 0.793. The van der Waals surface area contributed by atoms with E-state index in [4.69, 9.17) is 10.4 Å². The van der Waals surface area contributed by atoms with Gasteiger partial charge in [0.25, 0.3) is 5.56 Å². The molecule has 6 nitrogen and oxygen atoms in total. The van der Waals surface area contributed by atoms with Crippen LogP contribution in [-0.4, -0.2) is 20.9 Å². The largest absolute Gasteiger partial charge is 0.477 e. The summed E-state index contributed by atoms with van der Waals surface area (Å²) in [4.78, 5) is 22.3. The van der Waals surface area contributed by atoms with E-state index in [9.17, 15) is 9.59 Å². The first-order chi connectivity index (χ1) is 8.13. The fourth-order valence-electron chi connectivity index (χ4n) is 1.40. The molecule has 84 valence electrons. The molecule has 0 saturated carbocycles. The van der Waals surface area contributed by atoms with Crippen LogP contribution in [0, 0.1) is 11.3 Å². The topological polar surface area (TPSA) is 98.9 Å². The van der Waals surface area contributed by atoms with Gasteiger partial charge >= 0.3 is 5.97 Å². The Hall–Kier alpha value is -2.81. The van der Waals surface area contributed by atoms with Gasteiger partial charge in [0.15, 0.2) is 0 Å². The molecule has 17 heavy (non-hydrogen) atoms. The summed E-state index contributed by atoms with van der Waals surface area (Å²) < 4.78 is 1.10. The third-order valence-electron chi connectivity index (χ3n) is 2.26. The number of nitriles is 1. The van der Waals surface area contributed by atoms with Crippen LogP contribution in [0.5, 0.6) is 0 Å². The number of carboxylic acid groups (broad SMARTS) is 1. The second-order valence-corrected chi connectivity index (χ2v) is 3.29. The molecule has 0 unspecified atom stereocenters. The predicted molar refractivity (Wildman–Crippen MR) is 58.1 cm³/mol. The zero-order chi connectivity index (χ0) is 12.4. The van der Waals surface area contributed by atoms with Gasteiger partial charge in [-0.3, -0.25) is 9.89 Å². The monoisotopic (exact) mass is 229 g/mol. The summed E-state index contributed by atoms with van der Waals surface area (Å²) in [6.07, 6.45) is 1.13. The van der Waals surface area contributed by atoms with E-state index in [2.05, 4.69) is 5.10 Å². The maximum absolute atomic E-state index is 11.7. The van der Waals surface area contributed by atoms with E-state index in [0.29, 0.717) is 11.3 Å². The summed E-state index contributed by atoms with van der Waals surface area (Å²) in [6.45, 7) is 0. The molecule has 0 aliphatic carbocycles. The number of nitrogens with one attached hydrogen (secondary N) is 1. The van der Waals surface area contributed by atoms with Crippen molar-refractivity contribution in [2.24, 2.45) is 0 Å². The van der Waals surface area contributed by atoms with E-state index >= 15 is 0 Å². The molecule has 2 aromatic rings. The number of benzene rings is 1. The fourth-order valence-corrected chi connectivity index (χ4v) is 1.40. The SMILES string of the molecule is N#Cc1ccc(-n2[nH]cc(C(=O)O)c2=O)cc1. The Kier molecular flexibility index (Phi) is 2.51. The van der Waals surface area contributed by atoms with Crippen LogP contribution in [0.4, 0.5) is 0 Å². The van der Waals surface area contributed by atoms with Crippen molar-refractivity contribution in [1.29, 1.82) is 5.26 Å². The van der Waals surface area contributed by atoms with Crippen molar-refractivity contribution < 1.29 is 9.90 Å². The molecule has 0 atom stereocenters. The second kappa shape index (κ2) is 3.98. The van der Waals surface area contributed by atoms with Crippen molar-refractivity contribution in [3.05, 3.63) is 51.9 Å². The number of carboxylic acids is 1. The Morgan fingerprint density at radius 2 is 2.00 bits per heavy atom. The van der Waals surface area contributed by atoms with Crippen LogP contribution in [-0.2, 0) is 0 Å². The highest BCUT2D eigenvalue weighted by Gasteiger charge is 2.13. The summed E-state index contributed by atoms with van der Waals surface area (Å²) in [5.41, 5.74) is -0.0233. The molecule has 0 spiro atoms. The molecule has 2 N–H and O–H groups in total. The molecule has 2 rings (SSSR count). The fraction of sp³-hybridized carbons (Fsp3) is 0. The van der Waals surface area contributed by atoms with Crippen molar-refractivity contribution in [1.82, 2.24) is 9.78 Å². The molecular weight excluding hydrogens is 222 g/mol. The Bertz CT molecular complexity index is 659. The first-order valence-electron chi connectivity index (χ1n) is 4.67. The summed E-state index contributed by atoms with van der Waals surface area (Å²) >= 11 is 0. The molecule has 0 aliphatic rings. The number of carbonyl (C=O) groups is 1. The van der Waals surface area contributed by atoms with Crippen LogP contribution < -0.4 is 5.56 Å². The molecule has 6 heteroatoms. The van der Waals surface area contributed by atoms with Gasteiger partial charge in [0, 0.05) is 6.20 Å². The number of nitrogens with zero attached hydrogens (tertiary/aromatic N) is 2. The van der Waals surface area contributed by atoms with Gasteiger partial charge in [-0.2, -0.15) is 5.26 Å². The average molecular weight is 229 g/mol. The van der Waals surface area contributed by atoms with E-state index in [-0.39, 0.29) is 5.56 Å². The molecule has 0 saturated heterocycles. The number of aromatic carboxylic acids is 1. The number of hydrogen-bond donors (Lipinski definition) is 2. The van der Waals surface area contributed by atoms with Gasteiger partial charge in [0.2, 0.25) is 0 Å². The Morgan fingerprint density at radius 1 is 1.35 bits per heavy atom. The first-order valence-corrected chi connectivity index (χ1v) is 4.67. The highest BCUT2D eigenvalue weighted by Crippen LogP contribution is 2.06. The summed E-state index contributed by atoms with van der Waals surface area (Å²) in [7, 11) is 0. The van der Waals surface area contributed by atoms with Gasteiger partial charge in [0.1, 0.15) is 5.56 Å². The summed E-state index contributed by atoms with van der Waals surface area (Å²) in [6, 6.07) is 8.16. The lowest BCUT2D eigenvalue weighted by Gasteiger charge is -2.00. The number of hydrogen-bond acceptors (Lipinski definition) is 3. The van der Waals surface area contributed by atoms with Crippen LogP contribution in [0.15, 0.2) is 35.3 Å². The third kappa shape index (κ3) is 1.81. The minimum atomic E-state index is -1.28. The van der Waals surface area contributed by atoms with Crippen molar-refractivity contribution in [3.8, 4) is 11.8 Å². The van der Waals surface area contributed by atoms with E-state index in [0.717, 1.165) is 10.9 Å². The van der Waals surface area contributed by atoms with Gasteiger partial charge < -0.3 is 5.11 Å². The van der Waals surface area contributed by atoms with E-state index < -0.39 is 11.5 Å². The lowest BCUT2D eigenvalue weighted by molar-refractivity contribution is 0.0695. The number of aromatic nitrogens is 2. The van der Waals surface area contributed by atoms with Crippen molar-refractivity contribution in [3.63, 3.8) is 0 Å². The molecule has 0 fully saturated rings. The average Bonchev–Trinajstić information content (AvgIpc) is 2.71. The molecule has 1 aromatic carbocycles. The smallest absolute Gasteiger partial charge is 0.342 e. The maximum Gasteiger partial charge on any atom is 0.342 e. The lowest BCUT2D eigenvalue weighted by Crippen LogP contribution is -2.19. The zero-order valence-electron chi connectivity index (χ0n) is 8.54. The van der Waals surface area contributed by atoms with Crippen LogP contribution in [0.1, 0.15) is 15.9 Å². The first kappa shape index (κ1) is 10.7. The van der Waals surface area contributed by atoms with Gasteiger partial charge in [0.05, 0.1) is 17.3 Å². The standard InChI is InChI=1S/C11H7N3O3/c12-5-7-1-3-8(4-2-7)14-10(15)9(6-13-14)11(16)17/h1-4,6,13H,(H,16,17). The van der Waals surface area contributed by atoms with Gasteiger partial charge in [-0.1, -0.05) is 0 Å². The maximum atomic E-state index is 11.7. The molecule has 0 radical (unpaired) electrons. The minimum absolute atomic E-state index is 0.325. The Balaban J connectivity index is 2.51. The van der Waals surface area contributed by atoms with Crippen LogP contribution in [0.2, 0.25) is 0 Å². The molecule has 0 bridgehead atoms. The van der Waals surface area contributed by atoms with Crippen molar-refractivity contribution in [2.45, 2.75) is 0 Å². The second-order valence-electron chi connectivity index (χ2n) is 3.29. The summed E-state index contributed by atoms with van der Waals surface area (Å²) in [5, 5.41) is 19.9. The minimum Gasteiger partial charge on any atom is -0.477 e.